The van der Waals surface area contributed by atoms with Crippen molar-refractivity contribution in [1.29, 1.82) is 0 Å². The number of aryl methyl sites for hydroxylation is 2. The van der Waals surface area contributed by atoms with E-state index >= 15 is 0 Å². The van der Waals surface area contributed by atoms with Crippen molar-refractivity contribution in [2.24, 2.45) is 5.73 Å². The SMILES string of the molecule is Cc1cc(C(N)c2ccc3c(c2)NC(=O)CO3)c(C)o1. The summed E-state index contributed by atoms with van der Waals surface area (Å²) >= 11 is 0. The fourth-order valence-corrected chi connectivity index (χ4v) is 2.43. The van der Waals surface area contributed by atoms with Gasteiger partial charge < -0.3 is 20.2 Å². The summed E-state index contributed by atoms with van der Waals surface area (Å²) in [6.07, 6.45) is 0. The summed E-state index contributed by atoms with van der Waals surface area (Å²) in [5, 5.41) is 2.78. The number of benzene rings is 1. The maximum absolute atomic E-state index is 11.4. The van der Waals surface area contributed by atoms with Gasteiger partial charge in [-0.05, 0) is 37.6 Å². The smallest absolute Gasteiger partial charge is 0.262 e. The van der Waals surface area contributed by atoms with Crippen molar-refractivity contribution in [3.63, 3.8) is 0 Å². The zero-order valence-corrected chi connectivity index (χ0v) is 11.4. The van der Waals surface area contributed by atoms with Gasteiger partial charge in [0.05, 0.1) is 11.7 Å². The molecular formula is C15H16N2O3. The van der Waals surface area contributed by atoms with Gasteiger partial charge in [-0.3, -0.25) is 4.79 Å². The molecule has 1 aromatic carbocycles. The van der Waals surface area contributed by atoms with Gasteiger partial charge in [-0.2, -0.15) is 0 Å². The van der Waals surface area contributed by atoms with Crippen molar-refractivity contribution < 1.29 is 13.9 Å². The first-order valence-electron chi connectivity index (χ1n) is 6.43. The van der Waals surface area contributed by atoms with Crippen LogP contribution in [0, 0.1) is 13.8 Å². The Morgan fingerprint density at radius 3 is 2.80 bits per heavy atom. The van der Waals surface area contributed by atoms with Gasteiger partial charge in [0.15, 0.2) is 6.61 Å². The number of carbonyl (C=O) groups is 1. The van der Waals surface area contributed by atoms with E-state index in [-0.39, 0.29) is 18.6 Å². The Morgan fingerprint density at radius 1 is 1.30 bits per heavy atom. The topological polar surface area (TPSA) is 77.5 Å². The molecule has 1 aliphatic heterocycles. The Hall–Kier alpha value is -2.27. The first-order chi connectivity index (χ1) is 9.54. The molecule has 3 N–H and O–H groups in total. The van der Waals surface area contributed by atoms with E-state index in [0.29, 0.717) is 11.4 Å². The van der Waals surface area contributed by atoms with E-state index in [0.717, 1.165) is 22.6 Å². The number of ether oxygens (including phenoxy) is 1. The van der Waals surface area contributed by atoms with Crippen molar-refractivity contribution in [3.8, 4) is 5.75 Å². The number of nitrogens with one attached hydrogen (secondary N) is 1. The molecule has 0 fully saturated rings. The lowest BCUT2D eigenvalue weighted by Gasteiger charge is -2.20. The van der Waals surface area contributed by atoms with Gasteiger partial charge in [0.1, 0.15) is 17.3 Å². The molecule has 0 aliphatic carbocycles. The molecule has 1 aliphatic rings. The second-order valence-corrected chi connectivity index (χ2v) is 4.94. The Morgan fingerprint density at radius 2 is 2.10 bits per heavy atom. The molecule has 0 saturated carbocycles. The standard InChI is InChI=1S/C15H16N2O3/c1-8-5-11(9(2)20-8)15(16)10-3-4-13-12(6-10)17-14(18)7-19-13/h3-6,15H,7,16H2,1-2H3,(H,17,18). The highest BCUT2D eigenvalue weighted by Crippen LogP contribution is 2.33. The van der Waals surface area contributed by atoms with Crippen LogP contribution < -0.4 is 15.8 Å². The maximum Gasteiger partial charge on any atom is 0.262 e. The summed E-state index contributed by atoms with van der Waals surface area (Å²) in [6, 6.07) is 7.22. The maximum atomic E-state index is 11.4. The van der Waals surface area contributed by atoms with Gasteiger partial charge >= 0.3 is 0 Å². The van der Waals surface area contributed by atoms with Crippen LogP contribution in [0.15, 0.2) is 28.7 Å². The summed E-state index contributed by atoms with van der Waals surface area (Å²) in [5.41, 5.74) is 8.79. The highest BCUT2D eigenvalue weighted by atomic mass is 16.5. The van der Waals surface area contributed by atoms with E-state index in [1.165, 1.54) is 0 Å². The third-order valence-electron chi connectivity index (χ3n) is 3.41. The van der Waals surface area contributed by atoms with E-state index in [1.54, 1.807) is 0 Å². The van der Waals surface area contributed by atoms with Crippen molar-refractivity contribution in [2.75, 3.05) is 11.9 Å². The molecule has 0 radical (unpaired) electrons. The average molecular weight is 272 g/mol. The molecule has 1 aromatic heterocycles. The van der Waals surface area contributed by atoms with Crippen molar-refractivity contribution in [2.45, 2.75) is 19.9 Å². The first-order valence-corrected chi connectivity index (χ1v) is 6.43. The minimum atomic E-state index is -0.295. The summed E-state index contributed by atoms with van der Waals surface area (Å²) < 4.78 is 10.8. The van der Waals surface area contributed by atoms with Crippen LogP contribution in [-0.4, -0.2) is 12.5 Å². The van der Waals surface area contributed by atoms with Crippen LogP contribution in [0.5, 0.6) is 5.75 Å². The Bertz CT molecular complexity index is 676. The number of furan rings is 1. The van der Waals surface area contributed by atoms with Crippen molar-refractivity contribution >= 4 is 11.6 Å². The molecule has 1 amide bonds. The number of carbonyl (C=O) groups excluding carboxylic acids is 1. The zero-order chi connectivity index (χ0) is 14.3. The predicted octanol–water partition coefficient (Wildman–Crippen LogP) is 2.28. The summed E-state index contributed by atoms with van der Waals surface area (Å²) in [4.78, 5) is 11.4. The number of amides is 1. The molecule has 104 valence electrons. The summed E-state index contributed by atoms with van der Waals surface area (Å²) in [7, 11) is 0. The van der Waals surface area contributed by atoms with Crippen LogP contribution in [0.1, 0.15) is 28.7 Å². The van der Waals surface area contributed by atoms with Gasteiger partial charge in [-0.25, -0.2) is 0 Å². The van der Waals surface area contributed by atoms with Crippen LogP contribution in [0.4, 0.5) is 5.69 Å². The number of rotatable bonds is 2. The fraction of sp³-hybridized carbons (Fsp3) is 0.267. The molecule has 0 spiro atoms. The largest absolute Gasteiger partial charge is 0.482 e. The van der Waals surface area contributed by atoms with Gasteiger partial charge in [0, 0.05) is 5.56 Å². The summed E-state index contributed by atoms with van der Waals surface area (Å²) in [5.74, 6) is 2.16. The second kappa shape index (κ2) is 4.68. The molecule has 1 atom stereocenters. The molecule has 2 heterocycles. The van der Waals surface area contributed by atoms with Crippen LogP contribution in [0.25, 0.3) is 0 Å². The summed E-state index contributed by atoms with van der Waals surface area (Å²) in [6.45, 7) is 3.84. The van der Waals surface area contributed by atoms with Crippen LogP contribution >= 0.6 is 0 Å². The quantitative estimate of drug-likeness (QED) is 0.879. The lowest BCUT2D eigenvalue weighted by atomic mass is 9.99. The highest BCUT2D eigenvalue weighted by Gasteiger charge is 2.20. The van der Waals surface area contributed by atoms with Crippen molar-refractivity contribution in [1.82, 2.24) is 0 Å². The number of hydrogen-bond donors (Lipinski definition) is 2. The normalized spacial score (nSPS) is 15.2. The lowest BCUT2D eigenvalue weighted by Crippen LogP contribution is -2.25. The fourth-order valence-electron chi connectivity index (χ4n) is 2.43. The number of anilines is 1. The monoisotopic (exact) mass is 272 g/mol. The minimum Gasteiger partial charge on any atom is -0.482 e. The predicted molar refractivity (Wildman–Crippen MR) is 74.8 cm³/mol. The molecule has 20 heavy (non-hydrogen) atoms. The van der Waals surface area contributed by atoms with E-state index < -0.39 is 0 Å². The molecule has 0 saturated heterocycles. The van der Waals surface area contributed by atoms with Crippen LogP contribution in [0.2, 0.25) is 0 Å². The van der Waals surface area contributed by atoms with Gasteiger partial charge in [-0.1, -0.05) is 6.07 Å². The molecular weight excluding hydrogens is 256 g/mol. The molecule has 5 heteroatoms. The van der Waals surface area contributed by atoms with E-state index in [2.05, 4.69) is 5.32 Å². The Kier molecular flexibility index (Phi) is 2.99. The molecule has 2 aromatic rings. The minimum absolute atomic E-state index is 0.0540. The van der Waals surface area contributed by atoms with Crippen molar-refractivity contribution in [3.05, 3.63) is 46.9 Å². The number of nitrogens with two attached hydrogens (primary N) is 1. The molecule has 3 rings (SSSR count). The van der Waals surface area contributed by atoms with E-state index in [4.69, 9.17) is 14.9 Å². The van der Waals surface area contributed by atoms with Crippen LogP contribution in [0.3, 0.4) is 0 Å². The zero-order valence-electron chi connectivity index (χ0n) is 11.4. The second-order valence-electron chi connectivity index (χ2n) is 4.94. The average Bonchev–Trinajstić information content (AvgIpc) is 2.76. The number of hydrogen-bond acceptors (Lipinski definition) is 4. The van der Waals surface area contributed by atoms with E-state index in [9.17, 15) is 4.79 Å². The Labute approximate surface area is 116 Å². The van der Waals surface area contributed by atoms with Gasteiger partial charge in [0.2, 0.25) is 0 Å². The molecule has 1 unspecified atom stereocenters. The Balaban J connectivity index is 1.96. The highest BCUT2D eigenvalue weighted by molar-refractivity contribution is 5.95. The number of fused-ring (bicyclic) bond motifs is 1. The van der Waals surface area contributed by atoms with E-state index in [1.807, 2.05) is 38.1 Å². The van der Waals surface area contributed by atoms with Gasteiger partial charge in [-0.15, -0.1) is 0 Å². The third kappa shape index (κ3) is 2.16. The molecule has 5 nitrogen and oxygen atoms in total. The van der Waals surface area contributed by atoms with Crippen LogP contribution in [-0.2, 0) is 4.79 Å². The molecule has 0 bridgehead atoms. The lowest BCUT2D eigenvalue weighted by molar-refractivity contribution is -0.118. The third-order valence-corrected chi connectivity index (χ3v) is 3.41. The first kappa shape index (κ1) is 12.7. The van der Waals surface area contributed by atoms with Gasteiger partial charge in [0.25, 0.3) is 5.91 Å².